The third-order valence-corrected chi connectivity index (χ3v) is 2.34. The normalized spacial score (nSPS) is 12.4. The Bertz CT molecular complexity index is 344. The van der Waals surface area contributed by atoms with Crippen LogP contribution in [-0.4, -0.2) is 22.6 Å². The van der Waals surface area contributed by atoms with Gasteiger partial charge in [-0.15, -0.1) is 0 Å². The van der Waals surface area contributed by atoms with Gasteiger partial charge in [-0.2, -0.15) is 0 Å². The van der Waals surface area contributed by atoms with Crippen molar-refractivity contribution in [2.45, 2.75) is 12.8 Å². The van der Waals surface area contributed by atoms with Crippen LogP contribution in [0.3, 0.4) is 0 Å². The van der Waals surface area contributed by atoms with Gasteiger partial charge in [0.25, 0.3) is 0 Å². The summed E-state index contributed by atoms with van der Waals surface area (Å²) in [5.74, 6) is -1.28. The van der Waals surface area contributed by atoms with Crippen LogP contribution in [0.4, 0.5) is 0 Å². The smallest absolute Gasteiger partial charge is 0.306 e. The molecule has 0 radical (unpaired) electrons. The lowest BCUT2D eigenvalue weighted by Gasteiger charge is -2.10. The van der Waals surface area contributed by atoms with Gasteiger partial charge in [0, 0.05) is 6.20 Å². The first kappa shape index (κ1) is 11.9. The highest BCUT2D eigenvalue weighted by molar-refractivity contribution is 6.29. The molecule has 15 heavy (non-hydrogen) atoms. The number of rotatable bonds is 5. The van der Waals surface area contributed by atoms with Gasteiger partial charge >= 0.3 is 5.97 Å². The summed E-state index contributed by atoms with van der Waals surface area (Å²) in [5.41, 5.74) is 6.22. The fourth-order valence-electron chi connectivity index (χ4n) is 1.37. The molecular weight excluding hydrogens is 216 g/mol. The zero-order valence-corrected chi connectivity index (χ0v) is 8.94. The molecule has 1 atom stereocenters. The van der Waals surface area contributed by atoms with Crippen LogP contribution in [0.15, 0.2) is 18.3 Å². The maximum Gasteiger partial charge on any atom is 0.306 e. The van der Waals surface area contributed by atoms with Gasteiger partial charge in [-0.05, 0) is 37.1 Å². The van der Waals surface area contributed by atoms with Gasteiger partial charge < -0.3 is 10.8 Å². The average molecular weight is 229 g/mol. The van der Waals surface area contributed by atoms with Gasteiger partial charge in [0.15, 0.2) is 0 Å². The van der Waals surface area contributed by atoms with Gasteiger partial charge in [-0.1, -0.05) is 11.6 Å². The monoisotopic (exact) mass is 228 g/mol. The Hall–Kier alpha value is -1.13. The minimum atomic E-state index is -0.826. The van der Waals surface area contributed by atoms with E-state index in [0.29, 0.717) is 24.5 Å². The van der Waals surface area contributed by atoms with Crippen LogP contribution in [0.5, 0.6) is 0 Å². The second kappa shape index (κ2) is 5.68. The fraction of sp³-hybridized carbons (Fsp3) is 0.400. The van der Waals surface area contributed by atoms with Crippen molar-refractivity contribution in [1.29, 1.82) is 0 Å². The van der Waals surface area contributed by atoms with E-state index < -0.39 is 11.9 Å². The van der Waals surface area contributed by atoms with Crippen LogP contribution in [0.2, 0.25) is 5.15 Å². The van der Waals surface area contributed by atoms with Crippen molar-refractivity contribution in [3.63, 3.8) is 0 Å². The summed E-state index contributed by atoms with van der Waals surface area (Å²) in [5, 5.41) is 9.31. The van der Waals surface area contributed by atoms with Gasteiger partial charge in [-0.3, -0.25) is 4.79 Å². The molecular formula is C10H13ClN2O2. The van der Waals surface area contributed by atoms with Crippen LogP contribution >= 0.6 is 11.6 Å². The minimum Gasteiger partial charge on any atom is -0.481 e. The first-order valence-electron chi connectivity index (χ1n) is 4.66. The number of aromatic nitrogens is 1. The molecule has 0 saturated carbocycles. The second-order valence-corrected chi connectivity index (χ2v) is 3.69. The molecule has 1 rings (SSSR count). The summed E-state index contributed by atoms with van der Waals surface area (Å²) in [7, 11) is 0. The van der Waals surface area contributed by atoms with Gasteiger partial charge in [0.1, 0.15) is 5.15 Å². The Balaban J connectivity index is 2.69. The molecule has 0 fully saturated rings. The van der Waals surface area contributed by atoms with E-state index in [0.717, 1.165) is 5.56 Å². The van der Waals surface area contributed by atoms with Crippen molar-refractivity contribution in [3.05, 3.63) is 29.0 Å². The van der Waals surface area contributed by atoms with Crippen molar-refractivity contribution < 1.29 is 9.90 Å². The van der Waals surface area contributed by atoms with E-state index in [9.17, 15) is 4.79 Å². The number of pyridine rings is 1. The van der Waals surface area contributed by atoms with E-state index in [4.69, 9.17) is 22.4 Å². The molecule has 1 aromatic rings. The number of halogens is 1. The molecule has 82 valence electrons. The summed E-state index contributed by atoms with van der Waals surface area (Å²) in [6.07, 6.45) is 2.48. The van der Waals surface area contributed by atoms with E-state index in [1.807, 2.05) is 0 Å². The number of nitrogens with two attached hydrogens (primary N) is 1. The first-order valence-corrected chi connectivity index (χ1v) is 5.04. The topological polar surface area (TPSA) is 76.2 Å². The van der Waals surface area contributed by atoms with Crippen LogP contribution < -0.4 is 5.73 Å². The number of carbonyl (C=O) groups is 1. The number of nitrogens with zero attached hydrogens (tertiary/aromatic N) is 1. The third kappa shape index (κ3) is 3.85. The molecule has 0 saturated heterocycles. The lowest BCUT2D eigenvalue weighted by Crippen LogP contribution is -2.20. The van der Waals surface area contributed by atoms with Crippen molar-refractivity contribution in [2.75, 3.05) is 6.54 Å². The molecule has 0 aliphatic heterocycles. The zero-order valence-electron chi connectivity index (χ0n) is 8.19. The molecule has 0 amide bonds. The number of carboxylic acids is 1. The summed E-state index contributed by atoms with van der Waals surface area (Å²) < 4.78 is 0. The zero-order chi connectivity index (χ0) is 11.3. The van der Waals surface area contributed by atoms with Crippen molar-refractivity contribution in [1.82, 2.24) is 4.98 Å². The van der Waals surface area contributed by atoms with E-state index in [1.165, 1.54) is 0 Å². The number of hydrogen-bond donors (Lipinski definition) is 2. The van der Waals surface area contributed by atoms with E-state index >= 15 is 0 Å². The molecule has 0 aromatic carbocycles. The molecule has 5 heteroatoms. The summed E-state index contributed by atoms with van der Waals surface area (Å²) in [4.78, 5) is 14.7. The second-order valence-electron chi connectivity index (χ2n) is 3.30. The van der Waals surface area contributed by atoms with E-state index in [2.05, 4.69) is 4.98 Å². The highest BCUT2D eigenvalue weighted by atomic mass is 35.5. The summed E-state index contributed by atoms with van der Waals surface area (Å²) in [6.45, 7) is 0.371. The molecule has 0 aliphatic carbocycles. The quantitative estimate of drug-likeness (QED) is 0.746. The predicted octanol–water partition coefficient (Wildman–Crippen LogP) is 1.33. The minimum absolute atomic E-state index is 0.371. The Kier molecular flexibility index (Phi) is 4.52. The molecule has 1 heterocycles. The maximum absolute atomic E-state index is 10.9. The third-order valence-electron chi connectivity index (χ3n) is 2.14. The lowest BCUT2D eigenvalue weighted by molar-refractivity contribution is -0.141. The molecule has 3 N–H and O–H groups in total. The molecule has 0 spiro atoms. The highest BCUT2D eigenvalue weighted by Gasteiger charge is 2.16. The Morgan fingerprint density at radius 3 is 2.93 bits per heavy atom. The fourth-order valence-corrected chi connectivity index (χ4v) is 1.56. The molecule has 0 aliphatic rings. The predicted molar refractivity (Wildman–Crippen MR) is 57.7 cm³/mol. The maximum atomic E-state index is 10.9. The van der Waals surface area contributed by atoms with Gasteiger partial charge in [0.2, 0.25) is 0 Å². The summed E-state index contributed by atoms with van der Waals surface area (Å²) in [6, 6.07) is 3.44. The van der Waals surface area contributed by atoms with Crippen molar-refractivity contribution in [2.24, 2.45) is 11.7 Å². The van der Waals surface area contributed by atoms with E-state index in [1.54, 1.807) is 18.3 Å². The SMILES string of the molecule is NCCC(Cc1ccnc(Cl)c1)C(=O)O. The van der Waals surface area contributed by atoms with Crippen LogP contribution in [-0.2, 0) is 11.2 Å². The average Bonchev–Trinajstić information content (AvgIpc) is 2.17. The van der Waals surface area contributed by atoms with Crippen LogP contribution in [0, 0.1) is 5.92 Å². The van der Waals surface area contributed by atoms with Crippen molar-refractivity contribution >= 4 is 17.6 Å². The molecule has 1 aromatic heterocycles. The lowest BCUT2D eigenvalue weighted by atomic mass is 9.97. The van der Waals surface area contributed by atoms with Gasteiger partial charge in [-0.25, -0.2) is 4.98 Å². The van der Waals surface area contributed by atoms with Crippen molar-refractivity contribution in [3.8, 4) is 0 Å². The first-order chi connectivity index (χ1) is 7.13. The summed E-state index contributed by atoms with van der Waals surface area (Å²) >= 11 is 5.70. The molecule has 1 unspecified atom stereocenters. The Morgan fingerprint density at radius 2 is 2.40 bits per heavy atom. The standard InChI is InChI=1S/C10H13ClN2O2/c11-9-6-7(2-4-13-9)5-8(1-3-12)10(14)15/h2,4,6,8H,1,3,5,12H2,(H,14,15). The Labute approximate surface area is 93.1 Å². The van der Waals surface area contributed by atoms with Crippen LogP contribution in [0.25, 0.3) is 0 Å². The highest BCUT2D eigenvalue weighted by Crippen LogP contribution is 2.14. The number of hydrogen-bond acceptors (Lipinski definition) is 3. The molecule has 4 nitrogen and oxygen atoms in total. The number of aliphatic carboxylic acids is 1. The van der Waals surface area contributed by atoms with E-state index in [-0.39, 0.29) is 0 Å². The Morgan fingerprint density at radius 1 is 1.67 bits per heavy atom. The van der Waals surface area contributed by atoms with Gasteiger partial charge in [0.05, 0.1) is 5.92 Å². The number of carboxylic acid groups (broad SMARTS) is 1. The van der Waals surface area contributed by atoms with Crippen LogP contribution in [0.1, 0.15) is 12.0 Å². The molecule has 0 bridgehead atoms. The largest absolute Gasteiger partial charge is 0.481 e.